The molecule has 4 heteroatoms. The molecule has 12 atom stereocenters. The van der Waals surface area contributed by atoms with Gasteiger partial charge in [-0.1, -0.05) is 13.8 Å². The third-order valence-electron chi connectivity index (χ3n) is 11.6. The minimum Gasteiger partial charge on any atom is -0.393 e. The van der Waals surface area contributed by atoms with E-state index in [0.29, 0.717) is 47.8 Å². The molecule has 4 aliphatic carbocycles. The minimum atomic E-state index is -0.587. The summed E-state index contributed by atoms with van der Waals surface area (Å²) < 4.78 is 0. The van der Waals surface area contributed by atoms with E-state index < -0.39 is 5.60 Å². The van der Waals surface area contributed by atoms with Gasteiger partial charge in [-0.25, -0.2) is 0 Å². The van der Waals surface area contributed by atoms with E-state index in [1.54, 1.807) is 0 Å². The highest BCUT2D eigenvalue weighted by Gasteiger charge is 2.63. The molecule has 0 aromatic rings. The van der Waals surface area contributed by atoms with Crippen LogP contribution in [0.3, 0.4) is 0 Å². The number of hydrogen-bond donors (Lipinski definition) is 2. The third-order valence-corrected chi connectivity index (χ3v) is 11.6. The maximum atomic E-state index is 13.8. The zero-order valence-electron chi connectivity index (χ0n) is 19.8. The molecule has 0 aromatic carbocycles. The monoisotopic (exact) mass is 429 g/mol. The number of rotatable bonds is 0. The van der Waals surface area contributed by atoms with Crippen molar-refractivity contribution in [1.29, 1.82) is 0 Å². The Morgan fingerprint density at radius 1 is 0.968 bits per heavy atom. The Morgan fingerprint density at radius 3 is 2.58 bits per heavy atom. The summed E-state index contributed by atoms with van der Waals surface area (Å²) in [5.41, 5.74) is -0.480. The highest BCUT2D eigenvalue weighted by Crippen LogP contribution is 2.64. The number of Topliss-reactive ketones (excluding diaryl/α,β-unsaturated/α-hetero) is 1. The van der Waals surface area contributed by atoms with Crippen LogP contribution < -0.4 is 0 Å². The smallest absolute Gasteiger partial charge is 0.140 e. The fraction of sp³-hybridized carbons (Fsp3) is 0.963. The molecule has 31 heavy (non-hydrogen) atoms. The number of carbonyl (C=O) groups is 1. The quantitative estimate of drug-likeness (QED) is 0.613. The maximum Gasteiger partial charge on any atom is 0.140 e. The van der Waals surface area contributed by atoms with Gasteiger partial charge in [0.1, 0.15) is 5.78 Å². The zero-order chi connectivity index (χ0) is 21.7. The van der Waals surface area contributed by atoms with Gasteiger partial charge in [-0.3, -0.25) is 9.69 Å². The molecule has 2 N–H and O–H groups in total. The Bertz CT molecular complexity index is 751. The minimum absolute atomic E-state index is 0.0794. The Morgan fingerprint density at radius 2 is 1.77 bits per heavy atom. The van der Waals surface area contributed by atoms with Gasteiger partial charge < -0.3 is 10.2 Å². The second kappa shape index (κ2) is 7.03. The number of aliphatic hydroxyl groups is 2. The SMILES string of the molecule is C[C@H]1CC[C@@H]2N(C1)C[C@H]1[C@@H]3C[C@@H]4C[C@@]5(C)CC[C@@H](O)C[C@@H]5C(=O)[C@H]4[C@@H]3CC[C@H]1[C@]2(C)O. The number of hydrogen-bond acceptors (Lipinski definition) is 4. The Labute approximate surface area is 188 Å². The molecule has 0 radical (unpaired) electrons. The lowest BCUT2D eigenvalue weighted by Gasteiger charge is -2.59. The van der Waals surface area contributed by atoms with Crippen molar-refractivity contribution in [2.24, 2.45) is 52.8 Å². The van der Waals surface area contributed by atoms with Gasteiger partial charge in [0.2, 0.25) is 0 Å². The normalized spacial score (nSPS) is 59.2. The number of piperidine rings is 2. The average molecular weight is 430 g/mol. The van der Waals surface area contributed by atoms with E-state index in [-0.39, 0.29) is 23.4 Å². The van der Waals surface area contributed by atoms with Crippen molar-refractivity contribution in [1.82, 2.24) is 4.90 Å². The summed E-state index contributed by atoms with van der Waals surface area (Å²) in [7, 11) is 0. The van der Waals surface area contributed by atoms with Crippen LogP contribution in [0.15, 0.2) is 0 Å². The van der Waals surface area contributed by atoms with Crippen LogP contribution in [0.5, 0.6) is 0 Å². The first-order valence-corrected chi connectivity index (χ1v) is 13.4. The molecule has 4 saturated carbocycles. The van der Waals surface area contributed by atoms with Crippen LogP contribution in [0.25, 0.3) is 0 Å². The number of fused-ring (bicyclic) bond motifs is 7. The molecular formula is C27H43NO3. The largest absolute Gasteiger partial charge is 0.393 e. The number of aliphatic hydroxyl groups excluding tert-OH is 1. The number of nitrogens with zero attached hydrogens (tertiary/aromatic N) is 1. The lowest BCUT2D eigenvalue weighted by atomic mass is 9.53. The lowest BCUT2D eigenvalue weighted by molar-refractivity contribution is -0.176. The van der Waals surface area contributed by atoms with Gasteiger partial charge in [-0.2, -0.15) is 0 Å². The molecule has 0 unspecified atom stereocenters. The van der Waals surface area contributed by atoms with Gasteiger partial charge in [-0.05, 0) is 106 Å². The highest BCUT2D eigenvalue weighted by molar-refractivity contribution is 5.86. The Hall–Kier alpha value is -0.450. The first-order chi connectivity index (χ1) is 14.7. The van der Waals surface area contributed by atoms with Crippen LogP contribution in [-0.4, -0.2) is 51.7 Å². The first kappa shape index (κ1) is 21.1. The average Bonchev–Trinajstić information content (AvgIpc) is 3.07. The summed E-state index contributed by atoms with van der Waals surface area (Å²) in [5.74, 6) is 4.18. The van der Waals surface area contributed by atoms with Crippen LogP contribution in [0.2, 0.25) is 0 Å². The van der Waals surface area contributed by atoms with Crippen molar-refractivity contribution in [2.45, 2.75) is 96.3 Å². The molecule has 2 aliphatic heterocycles. The molecule has 0 bridgehead atoms. The maximum absolute atomic E-state index is 13.8. The molecule has 0 spiro atoms. The predicted octanol–water partition coefficient (Wildman–Crippen LogP) is 3.89. The summed E-state index contributed by atoms with van der Waals surface area (Å²) in [6, 6.07) is 0.329. The van der Waals surface area contributed by atoms with Gasteiger partial charge in [0.25, 0.3) is 0 Å². The van der Waals surface area contributed by atoms with Crippen molar-refractivity contribution in [3.63, 3.8) is 0 Å². The van der Waals surface area contributed by atoms with Gasteiger partial charge >= 0.3 is 0 Å². The first-order valence-electron chi connectivity index (χ1n) is 13.4. The third kappa shape index (κ3) is 2.99. The van der Waals surface area contributed by atoms with E-state index in [1.165, 1.54) is 19.3 Å². The second-order valence-corrected chi connectivity index (χ2v) is 13.3. The molecule has 0 amide bonds. The van der Waals surface area contributed by atoms with Crippen molar-refractivity contribution in [3.05, 3.63) is 0 Å². The Kier molecular flexibility index (Phi) is 4.78. The molecule has 174 valence electrons. The predicted molar refractivity (Wildman–Crippen MR) is 120 cm³/mol. The van der Waals surface area contributed by atoms with E-state index in [9.17, 15) is 15.0 Å². The molecule has 2 saturated heterocycles. The molecule has 6 aliphatic rings. The van der Waals surface area contributed by atoms with Crippen LogP contribution in [0.1, 0.15) is 78.6 Å². The van der Waals surface area contributed by atoms with Gasteiger partial charge in [0, 0.05) is 31.0 Å². The van der Waals surface area contributed by atoms with Crippen LogP contribution in [-0.2, 0) is 4.79 Å². The van der Waals surface area contributed by atoms with E-state index in [1.807, 2.05) is 0 Å². The summed E-state index contributed by atoms with van der Waals surface area (Å²) >= 11 is 0. The zero-order valence-corrected chi connectivity index (χ0v) is 19.8. The summed E-state index contributed by atoms with van der Waals surface area (Å²) in [4.78, 5) is 16.5. The molecular weight excluding hydrogens is 386 g/mol. The van der Waals surface area contributed by atoms with Crippen molar-refractivity contribution >= 4 is 5.78 Å². The van der Waals surface area contributed by atoms with Crippen molar-refractivity contribution in [2.75, 3.05) is 13.1 Å². The van der Waals surface area contributed by atoms with E-state index >= 15 is 0 Å². The standard InChI is InChI=1S/C27H43NO3/c1-15-4-7-23-27(3,31)21-6-5-18-19(20(21)14-28(23)13-15)10-16-12-26(2)9-8-17(29)11-22(26)25(30)24(16)18/h15-24,29,31H,4-14H2,1-3H3/t15-,16+,17+,18+,19+,20-,21+,22+,23-,24+,26+,27-/m0/s1. The molecule has 2 heterocycles. The second-order valence-electron chi connectivity index (χ2n) is 13.3. The summed E-state index contributed by atoms with van der Waals surface area (Å²) in [6.07, 6.45) is 9.29. The van der Waals surface area contributed by atoms with Crippen molar-refractivity contribution < 1.29 is 15.0 Å². The highest BCUT2D eigenvalue weighted by atomic mass is 16.3. The van der Waals surface area contributed by atoms with Crippen LogP contribution in [0, 0.1) is 52.8 Å². The Balaban J connectivity index is 1.29. The van der Waals surface area contributed by atoms with E-state index in [2.05, 4.69) is 25.7 Å². The topological polar surface area (TPSA) is 60.8 Å². The fourth-order valence-corrected chi connectivity index (χ4v) is 10.2. The van der Waals surface area contributed by atoms with Crippen LogP contribution in [0.4, 0.5) is 0 Å². The molecule has 4 nitrogen and oxygen atoms in total. The fourth-order valence-electron chi connectivity index (χ4n) is 10.2. The molecule has 0 aromatic heterocycles. The van der Waals surface area contributed by atoms with Crippen LogP contribution >= 0.6 is 0 Å². The van der Waals surface area contributed by atoms with Gasteiger partial charge in [0.05, 0.1) is 11.7 Å². The lowest BCUT2D eigenvalue weighted by Crippen LogP contribution is -2.67. The number of carbonyl (C=O) groups excluding carboxylic acids is 1. The summed E-state index contributed by atoms with van der Waals surface area (Å²) in [5, 5.41) is 22.1. The van der Waals surface area contributed by atoms with Crippen molar-refractivity contribution in [3.8, 4) is 0 Å². The van der Waals surface area contributed by atoms with Gasteiger partial charge in [0.15, 0.2) is 0 Å². The van der Waals surface area contributed by atoms with E-state index in [4.69, 9.17) is 0 Å². The molecule has 6 rings (SSSR count). The van der Waals surface area contributed by atoms with E-state index in [0.717, 1.165) is 51.1 Å². The molecule has 6 fully saturated rings. The number of ketones is 1. The van der Waals surface area contributed by atoms with Gasteiger partial charge in [-0.15, -0.1) is 0 Å². The summed E-state index contributed by atoms with van der Waals surface area (Å²) in [6.45, 7) is 9.12.